The number of carbonyl (C=O) groups excluding carboxylic acids is 2. The molecule has 1 atom stereocenters. The van der Waals surface area contributed by atoms with Crippen molar-refractivity contribution >= 4 is 22.5 Å². The molecule has 0 aliphatic heterocycles. The fourth-order valence-corrected chi connectivity index (χ4v) is 1.88. The number of aliphatic hydroxyl groups is 1. The Morgan fingerprint density at radius 2 is 1.84 bits per heavy atom. The molecule has 0 aromatic heterocycles. The monoisotopic (exact) mass is 258 g/mol. The summed E-state index contributed by atoms with van der Waals surface area (Å²) < 4.78 is 4.38. The minimum Gasteiger partial charge on any atom is -0.467 e. The lowest BCUT2D eigenvalue weighted by atomic mass is 10.0. The predicted molar refractivity (Wildman–Crippen MR) is 70.9 cm³/mol. The largest absolute Gasteiger partial charge is 0.467 e. The van der Waals surface area contributed by atoms with Crippen LogP contribution in [0.5, 0.6) is 0 Å². The molecule has 0 saturated carbocycles. The average molecular weight is 258 g/mol. The second kappa shape index (κ2) is 5.63. The highest BCUT2D eigenvalue weighted by atomic mass is 16.5. The number of ketones is 1. The fourth-order valence-electron chi connectivity index (χ4n) is 1.88. The number of fused-ring (bicyclic) bond motifs is 1. The third kappa shape index (κ3) is 2.98. The van der Waals surface area contributed by atoms with E-state index in [2.05, 4.69) is 4.74 Å². The van der Waals surface area contributed by atoms with Gasteiger partial charge in [-0.25, -0.2) is 4.79 Å². The maximum Gasteiger partial charge on any atom is 0.335 e. The number of ether oxygens (including phenoxy) is 1. The SMILES string of the molecule is COC(=O)C(O)CC(=O)c1ccc2ccccc2c1. The van der Waals surface area contributed by atoms with Crippen LogP contribution in [0.15, 0.2) is 42.5 Å². The van der Waals surface area contributed by atoms with Gasteiger partial charge in [0.2, 0.25) is 0 Å². The van der Waals surface area contributed by atoms with Crippen LogP contribution in [0.25, 0.3) is 10.8 Å². The van der Waals surface area contributed by atoms with Crippen LogP contribution in [0.1, 0.15) is 16.8 Å². The molecule has 0 radical (unpaired) electrons. The molecule has 0 fully saturated rings. The topological polar surface area (TPSA) is 63.6 Å². The molecule has 0 aliphatic carbocycles. The summed E-state index contributed by atoms with van der Waals surface area (Å²) in [7, 11) is 1.17. The van der Waals surface area contributed by atoms with Gasteiger partial charge < -0.3 is 9.84 Å². The predicted octanol–water partition coefficient (Wildman–Crippen LogP) is 1.95. The molecular formula is C15H14O4. The first-order valence-corrected chi connectivity index (χ1v) is 5.89. The molecule has 4 nitrogen and oxygen atoms in total. The molecule has 0 saturated heterocycles. The van der Waals surface area contributed by atoms with Crippen molar-refractivity contribution in [2.45, 2.75) is 12.5 Å². The molecule has 98 valence electrons. The van der Waals surface area contributed by atoms with Crippen molar-refractivity contribution < 1.29 is 19.4 Å². The number of Topliss-reactive ketones (excluding diaryl/α,β-unsaturated/α-hetero) is 1. The first-order valence-electron chi connectivity index (χ1n) is 5.89. The van der Waals surface area contributed by atoms with Crippen molar-refractivity contribution in [1.82, 2.24) is 0 Å². The van der Waals surface area contributed by atoms with Crippen molar-refractivity contribution in [1.29, 1.82) is 0 Å². The van der Waals surface area contributed by atoms with Gasteiger partial charge in [-0.2, -0.15) is 0 Å². The number of benzene rings is 2. The van der Waals surface area contributed by atoms with E-state index in [-0.39, 0.29) is 12.2 Å². The summed E-state index contributed by atoms with van der Waals surface area (Å²) in [4.78, 5) is 23.0. The van der Waals surface area contributed by atoms with Crippen LogP contribution in [-0.2, 0) is 9.53 Å². The molecule has 0 heterocycles. The number of carbonyl (C=O) groups is 2. The summed E-state index contributed by atoms with van der Waals surface area (Å²) >= 11 is 0. The summed E-state index contributed by atoms with van der Waals surface area (Å²) in [5.74, 6) is -1.09. The zero-order valence-corrected chi connectivity index (χ0v) is 10.5. The van der Waals surface area contributed by atoms with Crippen LogP contribution in [0.3, 0.4) is 0 Å². The van der Waals surface area contributed by atoms with E-state index < -0.39 is 12.1 Å². The van der Waals surface area contributed by atoms with Gasteiger partial charge in [-0.3, -0.25) is 4.79 Å². The van der Waals surface area contributed by atoms with Crippen molar-refractivity contribution in [2.24, 2.45) is 0 Å². The van der Waals surface area contributed by atoms with Crippen LogP contribution in [0, 0.1) is 0 Å². The van der Waals surface area contributed by atoms with Gasteiger partial charge in [-0.15, -0.1) is 0 Å². The number of esters is 1. The van der Waals surface area contributed by atoms with E-state index in [0.717, 1.165) is 10.8 Å². The summed E-state index contributed by atoms with van der Waals surface area (Å²) in [6.45, 7) is 0. The van der Waals surface area contributed by atoms with Crippen LogP contribution < -0.4 is 0 Å². The van der Waals surface area contributed by atoms with Crippen LogP contribution in [0.4, 0.5) is 0 Å². The summed E-state index contributed by atoms with van der Waals surface area (Å²) in [5.41, 5.74) is 0.474. The van der Waals surface area contributed by atoms with Gasteiger partial charge in [-0.1, -0.05) is 36.4 Å². The molecule has 19 heavy (non-hydrogen) atoms. The first-order chi connectivity index (χ1) is 9.11. The lowest BCUT2D eigenvalue weighted by Gasteiger charge is -2.08. The summed E-state index contributed by atoms with van der Waals surface area (Å²) in [6.07, 6.45) is -1.69. The molecule has 0 amide bonds. The average Bonchev–Trinajstić information content (AvgIpc) is 2.45. The van der Waals surface area contributed by atoms with E-state index in [4.69, 9.17) is 0 Å². The number of hydrogen-bond acceptors (Lipinski definition) is 4. The summed E-state index contributed by atoms with van der Waals surface area (Å²) in [5, 5.41) is 11.4. The van der Waals surface area contributed by atoms with Gasteiger partial charge >= 0.3 is 5.97 Å². The van der Waals surface area contributed by atoms with E-state index in [9.17, 15) is 14.7 Å². The van der Waals surface area contributed by atoms with Gasteiger partial charge in [0.05, 0.1) is 7.11 Å². The molecule has 1 N–H and O–H groups in total. The standard InChI is InChI=1S/C15H14O4/c1-19-15(18)14(17)9-13(16)12-7-6-10-4-2-3-5-11(10)8-12/h2-8,14,17H,9H2,1H3. The van der Waals surface area contributed by atoms with Gasteiger partial charge in [0.15, 0.2) is 11.9 Å². The van der Waals surface area contributed by atoms with Crippen LogP contribution >= 0.6 is 0 Å². The quantitative estimate of drug-likeness (QED) is 0.672. The Labute approximate surface area is 110 Å². The maximum atomic E-state index is 12.0. The zero-order valence-electron chi connectivity index (χ0n) is 10.5. The first kappa shape index (κ1) is 13.2. The Morgan fingerprint density at radius 1 is 1.16 bits per heavy atom. The lowest BCUT2D eigenvalue weighted by Crippen LogP contribution is -2.24. The molecule has 1 unspecified atom stereocenters. The Kier molecular flexibility index (Phi) is 3.92. The fraction of sp³-hybridized carbons (Fsp3) is 0.200. The number of methoxy groups -OCH3 is 1. The van der Waals surface area contributed by atoms with E-state index >= 15 is 0 Å². The van der Waals surface area contributed by atoms with Crippen molar-refractivity contribution in [2.75, 3.05) is 7.11 Å². The highest BCUT2D eigenvalue weighted by Gasteiger charge is 2.20. The minimum atomic E-state index is -1.41. The van der Waals surface area contributed by atoms with Gasteiger partial charge in [0, 0.05) is 12.0 Å². The number of aliphatic hydroxyl groups excluding tert-OH is 1. The zero-order chi connectivity index (χ0) is 13.8. The molecule has 2 aromatic carbocycles. The van der Waals surface area contributed by atoms with Crippen molar-refractivity contribution in [3.05, 3.63) is 48.0 Å². The molecule has 4 heteroatoms. The third-order valence-electron chi connectivity index (χ3n) is 2.92. The second-order valence-electron chi connectivity index (χ2n) is 4.23. The van der Waals surface area contributed by atoms with Gasteiger partial charge in [-0.05, 0) is 16.8 Å². The van der Waals surface area contributed by atoms with Gasteiger partial charge in [0.25, 0.3) is 0 Å². The van der Waals surface area contributed by atoms with Crippen molar-refractivity contribution in [3.8, 4) is 0 Å². The number of hydrogen-bond donors (Lipinski definition) is 1. The highest BCUT2D eigenvalue weighted by molar-refractivity contribution is 6.01. The lowest BCUT2D eigenvalue weighted by molar-refractivity contribution is -0.150. The molecule has 0 bridgehead atoms. The Morgan fingerprint density at radius 3 is 2.53 bits per heavy atom. The summed E-state index contributed by atoms with van der Waals surface area (Å²) in [6, 6.07) is 12.9. The van der Waals surface area contributed by atoms with Crippen LogP contribution in [0.2, 0.25) is 0 Å². The van der Waals surface area contributed by atoms with E-state index in [1.165, 1.54) is 7.11 Å². The number of rotatable bonds is 4. The normalized spacial score (nSPS) is 12.1. The smallest absolute Gasteiger partial charge is 0.335 e. The van der Waals surface area contributed by atoms with E-state index in [1.54, 1.807) is 12.1 Å². The second-order valence-corrected chi connectivity index (χ2v) is 4.23. The van der Waals surface area contributed by atoms with E-state index in [1.807, 2.05) is 30.3 Å². The Balaban J connectivity index is 2.19. The molecule has 2 aromatic rings. The Bertz CT molecular complexity index is 618. The molecule has 2 rings (SSSR count). The van der Waals surface area contributed by atoms with Crippen LogP contribution in [-0.4, -0.2) is 30.1 Å². The maximum absolute atomic E-state index is 12.0. The molecular weight excluding hydrogens is 244 g/mol. The highest BCUT2D eigenvalue weighted by Crippen LogP contribution is 2.17. The van der Waals surface area contributed by atoms with Gasteiger partial charge in [0.1, 0.15) is 0 Å². The molecule has 0 aliphatic rings. The molecule has 0 spiro atoms. The van der Waals surface area contributed by atoms with Crippen molar-refractivity contribution in [3.63, 3.8) is 0 Å². The third-order valence-corrected chi connectivity index (χ3v) is 2.92. The Hall–Kier alpha value is -2.20. The minimum absolute atomic E-state index is 0.273. The van der Waals surface area contributed by atoms with E-state index in [0.29, 0.717) is 5.56 Å².